The molecule has 3 aromatic carbocycles. The fourth-order valence-corrected chi connectivity index (χ4v) is 4.09. The standard InChI is InChI=1S/C25H23N3O/c26-16-20-10-4-5-11-22(20)23-12-6-7-13-24(23)25(29)27-21-14-15-28(18-21)17-19-8-2-1-3-9-19/h1-13,21H,14-15,17-18H2,(H,27,29)/p+1/t21-/m1/s1. The van der Waals surface area contributed by atoms with Crippen LogP contribution in [-0.2, 0) is 6.54 Å². The molecule has 2 N–H and O–H groups in total. The van der Waals surface area contributed by atoms with Gasteiger partial charge < -0.3 is 10.2 Å². The third-order valence-electron chi connectivity index (χ3n) is 5.52. The first-order chi connectivity index (χ1) is 14.2. The van der Waals surface area contributed by atoms with Crippen LogP contribution in [0.25, 0.3) is 11.1 Å². The third-order valence-corrected chi connectivity index (χ3v) is 5.52. The van der Waals surface area contributed by atoms with E-state index in [-0.39, 0.29) is 11.9 Å². The van der Waals surface area contributed by atoms with E-state index in [1.165, 1.54) is 10.5 Å². The summed E-state index contributed by atoms with van der Waals surface area (Å²) >= 11 is 0. The van der Waals surface area contributed by atoms with Gasteiger partial charge in [-0.15, -0.1) is 0 Å². The van der Waals surface area contributed by atoms with Gasteiger partial charge in [0.1, 0.15) is 6.54 Å². The summed E-state index contributed by atoms with van der Waals surface area (Å²) in [5, 5.41) is 12.7. The average Bonchev–Trinajstić information content (AvgIpc) is 3.21. The minimum Gasteiger partial charge on any atom is -0.343 e. The maximum Gasteiger partial charge on any atom is 0.252 e. The first-order valence-electron chi connectivity index (χ1n) is 10.0. The average molecular weight is 382 g/mol. The largest absolute Gasteiger partial charge is 0.343 e. The van der Waals surface area contributed by atoms with Gasteiger partial charge in [-0.05, 0) is 17.7 Å². The Hall–Kier alpha value is -3.42. The number of carbonyl (C=O) groups excluding carboxylic acids is 1. The summed E-state index contributed by atoms with van der Waals surface area (Å²) in [5.74, 6) is -0.0701. The van der Waals surface area contributed by atoms with Crippen molar-refractivity contribution in [2.45, 2.75) is 19.0 Å². The minimum atomic E-state index is -0.0701. The van der Waals surface area contributed by atoms with E-state index >= 15 is 0 Å². The number of likely N-dealkylation sites (tertiary alicyclic amines) is 1. The van der Waals surface area contributed by atoms with Crippen molar-refractivity contribution in [1.29, 1.82) is 5.26 Å². The first kappa shape index (κ1) is 18.9. The highest BCUT2D eigenvalue weighted by molar-refractivity contribution is 6.01. The molecule has 0 aromatic heterocycles. The summed E-state index contributed by atoms with van der Waals surface area (Å²) in [5.41, 5.74) is 4.11. The Bertz CT molecular complexity index is 1040. The second kappa shape index (κ2) is 8.72. The molecule has 2 atom stereocenters. The summed E-state index contributed by atoms with van der Waals surface area (Å²) < 4.78 is 0. The van der Waals surface area contributed by atoms with Crippen molar-refractivity contribution in [3.63, 3.8) is 0 Å². The molecule has 144 valence electrons. The van der Waals surface area contributed by atoms with Crippen LogP contribution in [0.3, 0.4) is 0 Å². The Morgan fingerprint density at radius 2 is 1.66 bits per heavy atom. The SMILES string of the molecule is N#Cc1ccccc1-c1ccccc1C(=O)N[C@@H]1CC[NH+](Cc2ccccc2)C1. The smallest absolute Gasteiger partial charge is 0.252 e. The van der Waals surface area contributed by atoms with Gasteiger partial charge in [0.05, 0.1) is 30.8 Å². The lowest BCUT2D eigenvalue weighted by Crippen LogP contribution is -3.09. The molecule has 1 saturated heterocycles. The van der Waals surface area contributed by atoms with Gasteiger partial charge >= 0.3 is 0 Å². The lowest BCUT2D eigenvalue weighted by Gasteiger charge is -2.16. The first-order valence-corrected chi connectivity index (χ1v) is 10.0. The molecule has 0 radical (unpaired) electrons. The molecule has 3 aromatic rings. The molecule has 0 bridgehead atoms. The second-order valence-corrected chi connectivity index (χ2v) is 7.53. The van der Waals surface area contributed by atoms with Crippen LogP contribution in [0, 0.1) is 11.3 Å². The van der Waals surface area contributed by atoms with Gasteiger partial charge in [0, 0.05) is 23.1 Å². The van der Waals surface area contributed by atoms with Gasteiger partial charge in [-0.25, -0.2) is 0 Å². The topological polar surface area (TPSA) is 57.3 Å². The number of nitrogens with one attached hydrogen (secondary N) is 2. The highest BCUT2D eigenvalue weighted by Gasteiger charge is 2.28. The van der Waals surface area contributed by atoms with Gasteiger partial charge in [-0.3, -0.25) is 4.79 Å². The molecule has 1 fully saturated rings. The number of carbonyl (C=O) groups is 1. The molecule has 1 aliphatic heterocycles. The van der Waals surface area contributed by atoms with Gasteiger partial charge in [0.2, 0.25) is 0 Å². The van der Waals surface area contributed by atoms with E-state index in [0.717, 1.165) is 37.2 Å². The van der Waals surface area contributed by atoms with E-state index in [4.69, 9.17) is 0 Å². The molecule has 0 spiro atoms. The number of hydrogen-bond acceptors (Lipinski definition) is 2. The molecular formula is C25H24N3O+. The monoisotopic (exact) mass is 382 g/mol. The van der Waals surface area contributed by atoms with Gasteiger partial charge in [-0.1, -0.05) is 66.7 Å². The Labute approximate surface area is 171 Å². The molecule has 4 rings (SSSR count). The fourth-order valence-electron chi connectivity index (χ4n) is 4.09. The summed E-state index contributed by atoms with van der Waals surface area (Å²) in [6, 6.07) is 27.8. The highest BCUT2D eigenvalue weighted by atomic mass is 16.1. The number of hydrogen-bond donors (Lipinski definition) is 2. The summed E-state index contributed by atoms with van der Waals surface area (Å²) in [6.07, 6.45) is 0.977. The molecule has 1 unspecified atom stereocenters. The fraction of sp³-hybridized carbons (Fsp3) is 0.200. The zero-order valence-corrected chi connectivity index (χ0v) is 16.3. The molecular weight excluding hydrogens is 358 g/mol. The normalized spacial score (nSPS) is 18.2. The number of quaternary nitrogens is 1. The number of nitriles is 1. The summed E-state index contributed by atoms with van der Waals surface area (Å²) in [6.45, 7) is 2.97. The Morgan fingerprint density at radius 3 is 2.45 bits per heavy atom. The number of rotatable bonds is 5. The molecule has 4 heteroatoms. The van der Waals surface area contributed by atoms with Crippen molar-refractivity contribution in [2.24, 2.45) is 0 Å². The molecule has 1 aliphatic rings. The molecule has 0 aliphatic carbocycles. The van der Waals surface area contributed by atoms with Crippen LogP contribution in [-0.4, -0.2) is 25.0 Å². The second-order valence-electron chi connectivity index (χ2n) is 7.53. The Kier molecular flexibility index (Phi) is 5.69. The predicted octanol–water partition coefficient (Wildman–Crippen LogP) is 2.81. The molecule has 4 nitrogen and oxygen atoms in total. The zero-order valence-electron chi connectivity index (χ0n) is 16.3. The molecule has 29 heavy (non-hydrogen) atoms. The third kappa shape index (κ3) is 4.37. The van der Waals surface area contributed by atoms with Crippen molar-refractivity contribution in [3.05, 3.63) is 95.6 Å². The maximum absolute atomic E-state index is 13.1. The van der Waals surface area contributed by atoms with E-state index in [0.29, 0.717) is 11.1 Å². The number of amides is 1. The quantitative estimate of drug-likeness (QED) is 0.713. The van der Waals surface area contributed by atoms with E-state index in [2.05, 4.69) is 35.7 Å². The van der Waals surface area contributed by atoms with E-state index in [9.17, 15) is 10.1 Å². The van der Waals surface area contributed by atoms with Gasteiger partial charge in [0.15, 0.2) is 0 Å². The van der Waals surface area contributed by atoms with Crippen LogP contribution in [0.15, 0.2) is 78.9 Å². The number of nitrogens with zero attached hydrogens (tertiary/aromatic N) is 1. The number of benzene rings is 3. The minimum absolute atomic E-state index is 0.0701. The molecule has 1 heterocycles. The zero-order chi connectivity index (χ0) is 20.1. The highest BCUT2D eigenvalue weighted by Crippen LogP contribution is 2.27. The van der Waals surface area contributed by atoms with Crippen molar-refractivity contribution in [2.75, 3.05) is 13.1 Å². The van der Waals surface area contributed by atoms with Crippen LogP contribution >= 0.6 is 0 Å². The predicted molar refractivity (Wildman–Crippen MR) is 113 cm³/mol. The Morgan fingerprint density at radius 1 is 0.966 bits per heavy atom. The van der Waals surface area contributed by atoms with Crippen LogP contribution < -0.4 is 10.2 Å². The lowest BCUT2D eigenvalue weighted by atomic mass is 9.95. The van der Waals surface area contributed by atoms with Gasteiger partial charge in [0.25, 0.3) is 5.91 Å². The molecule has 0 saturated carbocycles. The van der Waals surface area contributed by atoms with E-state index in [1.807, 2.05) is 48.5 Å². The Balaban J connectivity index is 1.47. The van der Waals surface area contributed by atoms with E-state index < -0.39 is 0 Å². The van der Waals surface area contributed by atoms with Crippen LogP contribution in [0.1, 0.15) is 27.9 Å². The van der Waals surface area contributed by atoms with Crippen LogP contribution in [0.5, 0.6) is 0 Å². The maximum atomic E-state index is 13.1. The molecule has 1 amide bonds. The summed E-state index contributed by atoms with van der Waals surface area (Å²) in [7, 11) is 0. The van der Waals surface area contributed by atoms with Crippen LogP contribution in [0.2, 0.25) is 0 Å². The van der Waals surface area contributed by atoms with Crippen LogP contribution in [0.4, 0.5) is 0 Å². The van der Waals surface area contributed by atoms with Crippen molar-refractivity contribution >= 4 is 5.91 Å². The van der Waals surface area contributed by atoms with Crippen molar-refractivity contribution in [3.8, 4) is 17.2 Å². The van der Waals surface area contributed by atoms with Gasteiger partial charge in [-0.2, -0.15) is 5.26 Å². The van der Waals surface area contributed by atoms with Crippen molar-refractivity contribution < 1.29 is 9.69 Å². The lowest BCUT2D eigenvalue weighted by molar-refractivity contribution is -0.901. The van der Waals surface area contributed by atoms with Crippen molar-refractivity contribution in [1.82, 2.24) is 5.32 Å². The summed E-state index contributed by atoms with van der Waals surface area (Å²) in [4.78, 5) is 14.5. The van der Waals surface area contributed by atoms with E-state index in [1.54, 1.807) is 6.07 Å².